The van der Waals surface area contributed by atoms with E-state index in [0.717, 1.165) is 31.5 Å². The van der Waals surface area contributed by atoms with Crippen LogP contribution < -0.4 is 10.6 Å². The molecule has 0 bridgehead atoms. The van der Waals surface area contributed by atoms with Crippen LogP contribution in [0, 0.1) is 11.3 Å². The highest BCUT2D eigenvalue weighted by Gasteiger charge is 2.30. The van der Waals surface area contributed by atoms with Crippen LogP contribution in [0.1, 0.15) is 43.4 Å². The summed E-state index contributed by atoms with van der Waals surface area (Å²) in [5.74, 6) is 1.26. The highest BCUT2D eigenvalue weighted by Crippen LogP contribution is 2.36. The minimum absolute atomic E-state index is 0.0860. The van der Waals surface area contributed by atoms with Crippen molar-refractivity contribution in [1.82, 2.24) is 9.97 Å². The van der Waals surface area contributed by atoms with E-state index < -0.39 is 0 Å². The Balaban J connectivity index is 1.72. The summed E-state index contributed by atoms with van der Waals surface area (Å²) in [6.45, 7) is 3.90. The number of hydrogen-bond donors (Lipinski definition) is 2. The van der Waals surface area contributed by atoms with Crippen molar-refractivity contribution in [3.05, 3.63) is 57.2 Å². The smallest absolute Gasteiger partial charge is 0.144 e. The SMILES string of the molecule is CC(CCO[C@@H](c1ccc(Cl)cc1)C1CCN(c2ncnc(N)c2C(=N)Br)CC1)N=[N+]=[N-]. The molecule has 0 amide bonds. The van der Waals surface area contributed by atoms with Crippen LogP contribution in [0.25, 0.3) is 10.4 Å². The van der Waals surface area contributed by atoms with Gasteiger partial charge in [0.1, 0.15) is 22.6 Å². The second kappa shape index (κ2) is 11.5. The Labute approximate surface area is 200 Å². The van der Waals surface area contributed by atoms with Crippen LogP contribution in [0.15, 0.2) is 35.7 Å². The van der Waals surface area contributed by atoms with Crippen LogP contribution in [-0.2, 0) is 4.74 Å². The van der Waals surface area contributed by atoms with Gasteiger partial charge in [-0.05, 0) is 64.3 Å². The van der Waals surface area contributed by atoms with Gasteiger partial charge in [0.2, 0.25) is 0 Å². The summed E-state index contributed by atoms with van der Waals surface area (Å²) < 4.78 is 6.48. The van der Waals surface area contributed by atoms with Crippen LogP contribution in [0.4, 0.5) is 11.6 Å². The molecule has 32 heavy (non-hydrogen) atoms. The molecule has 1 saturated heterocycles. The molecule has 1 fully saturated rings. The molecular weight excluding hydrogens is 496 g/mol. The number of piperidine rings is 1. The lowest BCUT2D eigenvalue weighted by molar-refractivity contribution is 0.0000339. The zero-order valence-electron chi connectivity index (χ0n) is 17.8. The van der Waals surface area contributed by atoms with E-state index in [2.05, 4.69) is 40.8 Å². The number of nitrogens with two attached hydrogens (primary N) is 1. The molecule has 2 aromatic rings. The summed E-state index contributed by atoms with van der Waals surface area (Å²) in [5, 5.41) is 12.4. The molecule has 2 atom stereocenters. The quantitative estimate of drug-likeness (QED) is 0.194. The van der Waals surface area contributed by atoms with E-state index in [-0.39, 0.29) is 22.6 Å². The molecule has 1 aliphatic rings. The Morgan fingerprint density at radius 1 is 1.38 bits per heavy atom. The maximum absolute atomic E-state index is 8.61. The van der Waals surface area contributed by atoms with Gasteiger partial charge in [0.25, 0.3) is 0 Å². The molecule has 1 aromatic heterocycles. The first-order valence-electron chi connectivity index (χ1n) is 10.4. The molecule has 0 radical (unpaired) electrons. The molecule has 11 heteroatoms. The zero-order valence-corrected chi connectivity index (χ0v) is 20.1. The van der Waals surface area contributed by atoms with Crippen molar-refractivity contribution < 1.29 is 4.74 Å². The lowest BCUT2D eigenvalue weighted by atomic mass is 9.87. The van der Waals surface area contributed by atoms with E-state index in [0.29, 0.717) is 35.3 Å². The van der Waals surface area contributed by atoms with E-state index in [1.807, 2.05) is 31.2 Å². The maximum atomic E-state index is 8.61. The Bertz CT molecular complexity index is 974. The third kappa shape index (κ3) is 6.10. The van der Waals surface area contributed by atoms with E-state index in [1.165, 1.54) is 6.33 Å². The lowest BCUT2D eigenvalue weighted by Gasteiger charge is -2.37. The molecule has 2 heterocycles. The molecule has 3 N–H and O–H groups in total. The van der Waals surface area contributed by atoms with E-state index in [9.17, 15) is 0 Å². The normalized spacial score (nSPS) is 16.3. The van der Waals surface area contributed by atoms with E-state index in [4.69, 9.17) is 33.0 Å². The topological polar surface area (TPSA) is 137 Å². The van der Waals surface area contributed by atoms with Gasteiger partial charge in [-0.1, -0.05) is 35.8 Å². The summed E-state index contributed by atoms with van der Waals surface area (Å²) in [4.78, 5) is 13.4. The Kier molecular flexibility index (Phi) is 8.69. The van der Waals surface area contributed by atoms with Gasteiger partial charge in [0.15, 0.2) is 0 Å². The number of nitrogens with zero attached hydrogens (tertiary/aromatic N) is 6. The number of aromatic nitrogens is 2. The molecule has 0 spiro atoms. The van der Waals surface area contributed by atoms with Gasteiger partial charge in [-0.15, -0.1) is 0 Å². The standard InChI is InChI=1S/C21H26BrClN8O/c1-13(29-30-26)8-11-32-18(14-2-4-16(23)5-3-14)15-6-9-31(10-7-15)21-17(19(22)24)20(25)27-12-28-21/h2-5,12-13,15,18,24H,6-11H2,1H3,(H2,25,27,28)/t13?,18-/m0/s1. The molecule has 1 aromatic carbocycles. The van der Waals surface area contributed by atoms with Gasteiger partial charge < -0.3 is 15.4 Å². The zero-order chi connectivity index (χ0) is 23.1. The van der Waals surface area contributed by atoms with Gasteiger partial charge in [0, 0.05) is 35.7 Å². The Morgan fingerprint density at radius 2 is 2.06 bits per heavy atom. The number of rotatable bonds is 9. The van der Waals surface area contributed by atoms with Crippen molar-refractivity contribution >= 4 is 43.8 Å². The van der Waals surface area contributed by atoms with Gasteiger partial charge in [0.05, 0.1) is 11.7 Å². The second-order valence-electron chi connectivity index (χ2n) is 7.78. The van der Waals surface area contributed by atoms with Crippen molar-refractivity contribution in [2.75, 3.05) is 30.3 Å². The second-order valence-corrected chi connectivity index (χ2v) is 9.01. The van der Waals surface area contributed by atoms with E-state index in [1.54, 1.807) is 0 Å². The Hall–Kier alpha value is -2.39. The predicted octanol–water partition coefficient (Wildman–Crippen LogP) is 5.50. The summed E-state index contributed by atoms with van der Waals surface area (Å²) >= 11 is 9.29. The fourth-order valence-electron chi connectivity index (χ4n) is 3.92. The monoisotopic (exact) mass is 520 g/mol. The Morgan fingerprint density at radius 3 is 2.69 bits per heavy atom. The van der Waals surface area contributed by atoms with Crippen LogP contribution in [-0.4, -0.2) is 40.3 Å². The fourth-order valence-corrected chi connectivity index (χ4v) is 4.43. The van der Waals surface area contributed by atoms with E-state index >= 15 is 0 Å². The highest BCUT2D eigenvalue weighted by atomic mass is 79.9. The van der Waals surface area contributed by atoms with Crippen molar-refractivity contribution in [2.45, 2.75) is 38.3 Å². The van der Waals surface area contributed by atoms with Crippen molar-refractivity contribution in [3.8, 4) is 0 Å². The number of halogens is 2. The number of anilines is 2. The summed E-state index contributed by atoms with van der Waals surface area (Å²) in [7, 11) is 0. The number of nitrogen functional groups attached to an aromatic ring is 1. The number of benzene rings is 1. The van der Waals surface area contributed by atoms with Gasteiger partial charge in [-0.25, -0.2) is 9.97 Å². The molecule has 1 unspecified atom stereocenters. The number of nitrogens with one attached hydrogen (secondary N) is 1. The molecular formula is C21H26BrClN8O. The fraction of sp³-hybridized carbons (Fsp3) is 0.476. The predicted molar refractivity (Wildman–Crippen MR) is 131 cm³/mol. The molecule has 1 aliphatic heterocycles. The summed E-state index contributed by atoms with van der Waals surface area (Å²) in [6, 6.07) is 7.65. The average Bonchev–Trinajstić information content (AvgIpc) is 2.77. The van der Waals surface area contributed by atoms with Gasteiger partial charge in [-0.2, -0.15) is 0 Å². The van der Waals surface area contributed by atoms with Crippen LogP contribution in [0.2, 0.25) is 5.02 Å². The van der Waals surface area contributed by atoms with Crippen LogP contribution in [0.3, 0.4) is 0 Å². The molecule has 170 valence electrons. The molecule has 0 aliphatic carbocycles. The summed E-state index contributed by atoms with van der Waals surface area (Å²) in [6.07, 6.45) is 3.78. The molecule has 0 saturated carbocycles. The van der Waals surface area contributed by atoms with Crippen molar-refractivity contribution in [2.24, 2.45) is 11.0 Å². The number of ether oxygens (including phenoxy) is 1. The molecule has 9 nitrogen and oxygen atoms in total. The lowest BCUT2D eigenvalue weighted by Crippen LogP contribution is -2.37. The minimum atomic E-state index is -0.117. The van der Waals surface area contributed by atoms with Crippen LogP contribution >= 0.6 is 27.5 Å². The summed E-state index contributed by atoms with van der Waals surface area (Å²) in [5.41, 5.74) is 16.2. The number of azide groups is 1. The highest BCUT2D eigenvalue weighted by molar-refractivity contribution is 9.18. The van der Waals surface area contributed by atoms with Gasteiger partial charge in [-0.3, -0.25) is 5.41 Å². The van der Waals surface area contributed by atoms with Crippen LogP contribution in [0.5, 0.6) is 0 Å². The first-order chi connectivity index (χ1) is 15.4. The average molecular weight is 522 g/mol. The third-order valence-corrected chi connectivity index (χ3v) is 6.27. The first kappa shape index (κ1) is 24.3. The van der Waals surface area contributed by atoms with Crippen molar-refractivity contribution in [1.29, 1.82) is 5.41 Å². The minimum Gasteiger partial charge on any atom is -0.383 e. The molecule has 3 rings (SSSR count). The van der Waals surface area contributed by atoms with Gasteiger partial charge >= 0.3 is 0 Å². The number of hydrogen-bond acceptors (Lipinski definition) is 7. The maximum Gasteiger partial charge on any atom is 0.144 e. The third-order valence-electron chi connectivity index (χ3n) is 5.62. The largest absolute Gasteiger partial charge is 0.383 e. The first-order valence-corrected chi connectivity index (χ1v) is 11.6. The van der Waals surface area contributed by atoms with Crippen molar-refractivity contribution in [3.63, 3.8) is 0 Å².